The normalized spacial score (nSPS) is 20.3. The Balaban J connectivity index is 2.48. The second-order valence-electron chi connectivity index (χ2n) is 4.45. The van der Waals surface area contributed by atoms with E-state index in [0.717, 1.165) is 28.6 Å². The van der Waals surface area contributed by atoms with Crippen molar-refractivity contribution < 1.29 is 9.84 Å². The first-order valence-corrected chi connectivity index (χ1v) is 6.73. The van der Waals surface area contributed by atoms with Crippen molar-refractivity contribution in [1.29, 1.82) is 0 Å². The van der Waals surface area contributed by atoms with Gasteiger partial charge in [0.05, 0.1) is 7.11 Å². The standard InChI is InChI=1S/C13H18BrNO2/c1-8-9(14)7-11(16)13(17-2)12(8)10-5-3-4-6-15-10/h7,10,15-16H,3-6H2,1-2H3. The minimum Gasteiger partial charge on any atom is -0.504 e. The number of nitrogens with one attached hydrogen (secondary N) is 1. The van der Waals surface area contributed by atoms with E-state index >= 15 is 0 Å². The topological polar surface area (TPSA) is 41.5 Å². The van der Waals surface area contributed by atoms with Crippen molar-refractivity contribution in [1.82, 2.24) is 5.32 Å². The Morgan fingerprint density at radius 3 is 2.82 bits per heavy atom. The summed E-state index contributed by atoms with van der Waals surface area (Å²) in [5, 5.41) is 13.4. The lowest BCUT2D eigenvalue weighted by Crippen LogP contribution is -2.27. The van der Waals surface area contributed by atoms with Crippen LogP contribution in [0.5, 0.6) is 11.5 Å². The average molecular weight is 300 g/mol. The average Bonchev–Trinajstić information content (AvgIpc) is 2.34. The molecule has 1 unspecified atom stereocenters. The van der Waals surface area contributed by atoms with Crippen LogP contribution in [0, 0.1) is 6.92 Å². The number of rotatable bonds is 2. The van der Waals surface area contributed by atoms with Crippen LogP contribution < -0.4 is 10.1 Å². The zero-order chi connectivity index (χ0) is 12.4. The molecular weight excluding hydrogens is 282 g/mol. The molecule has 0 aromatic heterocycles. The number of benzene rings is 1. The number of aromatic hydroxyl groups is 1. The molecule has 17 heavy (non-hydrogen) atoms. The fourth-order valence-corrected chi connectivity index (χ4v) is 2.89. The van der Waals surface area contributed by atoms with Crippen molar-refractivity contribution in [2.45, 2.75) is 32.2 Å². The summed E-state index contributed by atoms with van der Waals surface area (Å²) in [6, 6.07) is 1.97. The smallest absolute Gasteiger partial charge is 0.165 e. The molecule has 1 fully saturated rings. The van der Waals surface area contributed by atoms with Gasteiger partial charge in [0, 0.05) is 16.1 Å². The van der Waals surface area contributed by atoms with Crippen LogP contribution in [0.3, 0.4) is 0 Å². The first-order chi connectivity index (χ1) is 8.15. The summed E-state index contributed by atoms with van der Waals surface area (Å²) in [6.07, 6.45) is 3.53. The van der Waals surface area contributed by atoms with Gasteiger partial charge in [-0.3, -0.25) is 0 Å². The Morgan fingerprint density at radius 2 is 2.24 bits per heavy atom. The van der Waals surface area contributed by atoms with Crippen LogP contribution in [-0.2, 0) is 0 Å². The third-order valence-electron chi connectivity index (χ3n) is 3.37. The minimum absolute atomic E-state index is 0.201. The summed E-state index contributed by atoms with van der Waals surface area (Å²) in [4.78, 5) is 0. The minimum atomic E-state index is 0.201. The van der Waals surface area contributed by atoms with E-state index < -0.39 is 0 Å². The lowest BCUT2D eigenvalue weighted by molar-refractivity contribution is 0.348. The number of phenolic OH excluding ortho intramolecular Hbond substituents is 1. The van der Waals surface area contributed by atoms with Gasteiger partial charge in [0.1, 0.15) is 0 Å². The van der Waals surface area contributed by atoms with E-state index in [1.807, 2.05) is 0 Å². The number of phenols is 1. The van der Waals surface area contributed by atoms with Gasteiger partial charge in [-0.25, -0.2) is 0 Å². The molecule has 1 aromatic rings. The summed E-state index contributed by atoms with van der Waals surface area (Å²) in [6.45, 7) is 3.08. The van der Waals surface area contributed by atoms with Gasteiger partial charge in [-0.05, 0) is 37.9 Å². The number of hydrogen-bond donors (Lipinski definition) is 2. The molecule has 1 saturated heterocycles. The maximum absolute atomic E-state index is 9.94. The number of piperidine rings is 1. The zero-order valence-corrected chi connectivity index (χ0v) is 11.8. The van der Waals surface area contributed by atoms with E-state index in [0.29, 0.717) is 5.75 Å². The van der Waals surface area contributed by atoms with E-state index in [-0.39, 0.29) is 11.8 Å². The van der Waals surface area contributed by atoms with E-state index in [2.05, 4.69) is 28.2 Å². The number of methoxy groups -OCH3 is 1. The highest BCUT2D eigenvalue weighted by Crippen LogP contribution is 2.42. The van der Waals surface area contributed by atoms with Gasteiger partial charge in [-0.15, -0.1) is 0 Å². The van der Waals surface area contributed by atoms with Gasteiger partial charge in [0.2, 0.25) is 0 Å². The quantitative estimate of drug-likeness (QED) is 0.880. The van der Waals surface area contributed by atoms with Crippen molar-refractivity contribution in [3.05, 3.63) is 21.7 Å². The summed E-state index contributed by atoms with van der Waals surface area (Å²) < 4.78 is 6.28. The van der Waals surface area contributed by atoms with Crippen molar-refractivity contribution in [2.24, 2.45) is 0 Å². The van der Waals surface area contributed by atoms with Crippen molar-refractivity contribution >= 4 is 15.9 Å². The van der Waals surface area contributed by atoms with Gasteiger partial charge in [0.25, 0.3) is 0 Å². The molecule has 1 atom stereocenters. The second-order valence-corrected chi connectivity index (χ2v) is 5.31. The fourth-order valence-electron chi connectivity index (χ4n) is 2.46. The molecule has 0 spiro atoms. The molecule has 0 aliphatic carbocycles. The maximum atomic E-state index is 9.94. The summed E-state index contributed by atoms with van der Waals surface area (Å²) in [5.74, 6) is 0.803. The number of hydrogen-bond acceptors (Lipinski definition) is 3. The van der Waals surface area contributed by atoms with Gasteiger partial charge >= 0.3 is 0 Å². The van der Waals surface area contributed by atoms with Crippen LogP contribution in [0.2, 0.25) is 0 Å². The predicted octanol–water partition coefficient (Wildman–Crippen LogP) is 3.29. The molecule has 0 radical (unpaired) electrons. The van der Waals surface area contributed by atoms with Crippen molar-refractivity contribution in [3.8, 4) is 11.5 Å². The largest absolute Gasteiger partial charge is 0.504 e. The highest BCUT2D eigenvalue weighted by molar-refractivity contribution is 9.10. The van der Waals surface area contributed by atoms with Crippen molar-refractivity contribution in [2.75, 3.05) is 13.7 Å². The molecule has 0 bridgehead atoms. The molecule has 2 rings (SSSR count). The Labute approximate surface area is 110 Å². The molecule has 1 aromatic carbocycles. The molecule has 0 amide bonds. The first-order valence-electron chi connectivity index (χ1n) is 5.94. The van der Waals surface area contributed by atoms with Gasteiger partial charge in [-0.2, -0.15) is 0 Å². The molecular formula is C13H18BrNO2. The molecule has 2 N–H and O–H groups in total. The maximum Gasteiger partial charge on any atom is 0.165 e. The SMILES string of the molecule is COc1c(O)cc(Br)c(C)c1C1CCCCN1. The highest BCUT2D eigenvalue weighted by atomic mass is 79.9. The fraction of sp³-hybridized carbons (Fsp3) is 0.538. The van der Waals surface area contributed by atoms with Crippen LogP contribution in [0.25, 0.3) is 0 Å². The second kappa shape index (κ2) is 5.27. The molecule has 1 aliphatic rings. The van der Waals surface area contributed by atoms with Crippen LogP contribution in [0.1, 0.15) is 36.4 Å². The first kappa shape index (κ1) is 12.7. The zero-order valence-electron chi connectivity index (χ0n) is 10.2. The van der Waals surface area contributed by atoms with E-state index in [1.165, 1.54) is 12.8 Å². The number of halogens is 1. The lowest BCUT2D eigenvalue weighted by Gasteiger charge is -2.27. The summed E-state index contributed by atoms with van der Waals surface area (Å²) >= 11 is 3.48. The molecule has 3 nitrogen and oxygen atoms in total. The Bertz CT molecular complexity index is 414. The van der Waals surface area contributed by atoms with E-state index in [9.17, 15) is 5.11 Å². The van der Waals surface area contributed by atoms with Gasteiger partial charge < -0.3 is 15.2 Å². The third-order valence-corrected chi connectivity index (χ3v) is 4.19. The van der Waals surface area contributed by atoms with Gasteiger partial charge in [-0.1, -0.05) is 22.4 Å². The van der Waals surface area contributed by atoms with Crippen LogP contribution in [0.15, 0.2) is 10.5 Å². The molecule has 1 heterocycles. The lowest BCUT2D eigenvalue weighted by atomic mass is 9.93. The Morgan fingerprint density at radius 1 is 1.47 bits per heavy atom. The monoisotopic (exact) mass is 299 g/mol. The van der Waals surface area contributed by atoms with Gasteiger partial charge in [0.15, 0.2) is 11.5 Å². The molecule has 94 valence electrons. The summed E-state index contributed by atoms with van der Waals surface area (Å²) in [5.41, 5.74) is 2.22. The third kappa shape index (κ3) is 2.43. The predicted molar refractivity (Wildman–Crippen MR) is 71.7 cm³/mol. The van der Waals surface area contributed by atoms with E-state index in [4.69, 9.17) is 4.74 Å². The molecule has 4 heteroatoms. The molecule has 0 saturated carbocycles. The Kier molecular flexibility index (Phi) is 3.94. The Hall–Kier alpha value is -0.740. The molecule has 1 aliphatic heterocycles. The van der Waals surface area contributed by atoms with E-state index in [1.54, 1.807) is 13.2 Å². The van der Waals surface area contributed by atoms with Crippen molar-refractivity contribution in [3.63, 3.8) is 0 Å². The number of ether oxygens (including phenoxy) is 1. The van der Waals surface area contributed by atoms with Crippen LogP contribution >= 0.6 is 15.9 Å². The van der Waals surface area contributed by atoms with Crippen LogP contribution in [-0.4, -0.2) is 18.8 Å². The highest BCUT2D eigenvalue weighted by Gasteiger charge is 2.24. The summed E-state index contributed by atoms with van der Waals surface area (Å²) in [7, 11) is 1.61. The van der Waals surface area contributed by atoms with Crippen LogP contribution in [0.4, 0.5) is 0 Å².